The van der Waals surface area contributed by atoms with E-state index < -0.39 is 5.97 Å². The fraction of sp³-hybridized carbons (Fsp3) is 0.471. The van der Waals surface area contributed by atoms with Crippen LogP contribution in [0.4, 0.5) is 5.69 Å². The van der Waals surface area contributed by atoms with Gasteiger partial charge in [-0.05, 0) is 36.5 Å². The van der Waals surface area contributed by atoms with Crippen molar-refractivity contribution < 1.29 is 24.0 Å². The zero-order chi connectivity index (χ0) is 18.8. The number of methoxy groups -OCH3 is 1. The molecule has 142 valence electrons. The Labute approximate surface area is 158 Å². The van der Waals surface area contributed by atoms with E-state index >= 15 is 0 Å². The molecule has 4 N–H and O–H groups in total. The van der Waals surface area contributed by atoms with Crippen LogP contribution in [0.3, 0.4) is 0 Å². The van der Waals surface area contributed by atoms with E-state index in [1.165, 1.54) is 12.0 Å². The molecule has 0 spiro atoms. The molecule has 1 heterocycles. The molecule has 1 aliphatic heterocycles. The summed E-state index contributed by atoms with van der Waals surface area (Å²) < 4.78 is 9.81. The van der Waals surface area contributed by atoms with Gasteiger partial charge in [0, 0.05) is 11.3 Å². The fourth-order valence-electron chi connectivity index (χ4n) is 2.47. The third kappa shape index (κ3) is 6.95. The van der Waals surface area contributed by atoms with Crippen molar-refractivity contribution in [2.45, 2.75) is 0 Å². The van der Waals surface area contributed by atoms with Crippen molar-refractivity contribution in [2.75, 3.05) is 58.4 Å². The molecule has 0 aromatic heterocycles. The third-order valence-corrected chi connectivity index (χ3v) is 4.24. The van der Waals surface area contributed by atoms with E-state index in [1.807, 2.05) is 0 Å². The summed E-state index contributed by atoms with van der Waals surface area (Å²) in [5, 5.41) is 9.30. The highest BCUT2D eigenvalue weighted by Gasteiger charge is 2.13. The molecule has 0 unspecified atom stereocenters. The molecule has 1 aliphatic rings. The Balaban J connectivity index is 1.71. The number of benzene rings is 1. The number of ether oxygens (including phenoxy) is 2. The van der Waals surface area contributed by atoms with Crippen molar-refractivity contribution >= 4 is 34.9 Å². The fourth-order valence-corrected chi connectivity index (χ4v) is 2.69. The number of carbonyl (C=O) groups excluding carboxylic acids is 2. The summed E-state index contributed by atoms with van der Waals surface area (Å²) in [7, 11) is 1.27. The minimum atomic E-state index is -0.494. The predicted molar refractivity (Wildman–Crippen MR) is 101 cm³/mol. The molecule has 0 radical (unpaired) electrons. The molecular formula is C17H25N4O4S+. The molecule has 1 aromatic rings. The lowest BCUT2D eigenvalue weighted by Gasteiger charge is -2.24. The minimum Gasteiger partial charge on any atom is -0.468 e. The van der Waals surface area contributed by atoms with Crippen LogP contribution in [0, 0.1) is 0 Å². The Kier molecular flexibility index (Phi) is 8.26. The SMILES string of the molecule is COC(=O)CNC(=O)c1ccc(NC(=S)NCC[NH+]2CCOCC2)cc1. The van der Waals surface area contributed by atoms with E-state index in [9.17, 15) is 9.59 Å². The summed E-state index contributed by atoms with van der Waals surface area (Å²) in [6.45, 7) is 5.31. The van der Waals surface area contributed by atoms with Gasteiger partial charge in [0.1, 0.15) is 19.6 Å². The van der Waals surface area contributed by atoms with Gasteiger partial charge in [-0.3, -0.25) is 9.59 Å². The van der Waals surface area contributed by atoms with E-state index in [2.05, 4.69) is 20.7 Å². The van der Waals surface area contributed by atoms with Crippen LogP contribution in [0.5, 0.6) is 0 Å². The van der Waals surface area contributed by atoms with Crippen LogP contribution in [-0.4, -0.2) is 70.0 Å². The number of rotatable bonds is 7. The molecule has 1 fully saturated rings. The topological polar surface area (TPSA) is 93.1 Å². The Morgan fingerprint density at radius 1 is 1.19 bits per heavy atom. The molecule has 1 saturated heterocycles. The second kappa shape index (κ2) is 10.7. The second-order valence-electron chi connectivity index (χ2n) is 5.83. The van der Waals surface area contributed by atoms with Crippen LogP contribution in [0.2, 0.25) is 0 Å². The highest BCUT2D eigenvalue weighted by molar-refractivity contribution is 7.80. The van der Waals surface area contributed by atoms with E-state index in [0.717, 1.165) is 45.1 Å². The summed E-state index contributed by atoms with van der Waals surface area (Å²) in [6.07, 6.45) is 0. The summed E-state index contributed by atoms with van der Waals surface area (Å²) in [5.74, 6) is -0.830. The maximum atomic E-state index is 11.9. The number of hydrogen-bond donors (Lipinski definition) is 4. The van der Waals surface area contributed by atoms with E-state index in [0.29, 0.717) is 10.7 Å². The summed E-state index contributed by atoms with van der Waals surface area (Å²) in [4.78, 5) is 24.4. The van der Waals surface area contributed by atoms with Crippen LogP contribution in [-0.2, 0) is 14.3 Å². The minimum absolute atomic E-state index is 0.158. The number of morpholine rings is 1. The first kappa shape index (κ1) is 20.1. The second-order valence-corrected chi connectivity index (χ2v) is 6.24. The first-order valence-corrected chi connectivity index (χ1v) is 8.90. The van der Waals surface area contributed by atoms with Crippen molar-refractivity contribution in [3.05, 3.63) is 29.8 Å². The Bertz CT molecular complexity index is 618. The normalized spacial score (nSPS) is 14.3. The van der Waals surface area contributed by atoms with Gasteiger partial charge in [0.05, 0.1) is 33.4 Å². The largest absolute Gasteiger partial charge is 0.468 e. The van der Waals surface area contributed by atoms with Crippen LogP contribution < -0.4 is 20.9 Å². The average molecular weight is 381 g/mol. The molecule has 8 nitrogen and oxygen atoms in total. The predicted octanol–water partition coefficient (Wildman–Crippen LogP) is -1.21. The maximum absolute atomic E-state index is 11.9. The Morgan fingerprint density at radius 2 is 1.88 bits per heavy atom. The van der Waals surface area contributed by atoms with Gasteiger partial charge >= 0.3 is 5.97 Å². The molecule has 26 heavy (non-hydrogen) atoms. The number of anilines is 1. The lowest BCUT2D eigenvalue weighted by atomic mass is 10.2. The Morgan fingerprint density at radius 3 is 2.54 bits per heavy atom. The number of amides is 1. The van der Waals surface area contributed by atoms with E-state index in [4.69, 9.17) is 17.0 Å². The quantitative estimate of drug-likeness (QED) is 0.348. The summed E-state index contributed by atoms with van der Waals surface area (Å²) in [6, 6.07) is 6.84. The maximum Gasteiger partial charge on any atom is 0.325 e. The zero-order valence-corrected chi connectivity index (χ0v) is 15.6. The van der Waals surface area contributed by atoms with E-state index in [1.54, 1.807) is 24.3 Å². The molecule has 0 atom stereocenters. The number of carbonyl (C=O) groups is 2. The number of nitrogens with one attached hydrogen (secondary N) is 4. The number of esters is 1. The standard InChI is InChI=1S/C17H24N4O4S/c1-24-15(22)12-19-16(23)13-2-4-14(5-3-13)20-17(26)18-6-7-21-8-10-25-11-9-21/h2-5H,6-12H2,1H3,(H,19,23)(H2,18,20,26)/p+1. The van der Waals surface area contributed by atoms with Gasteiger partial charge in [-0.1, -0.05) is 0 Å². The summed E-state index contributed by atoms with van der Waals surface area (Å²) in [5.41, 5.74) is 1.24. The third-order valence-electron chi connectivity index (χ3n) is 3.99. The molecule has 0 aliphatic carbocycles. The lowest BCUT2D eigenvalue weighted by molar-refractivity contribution is -0.906. The van der Waals surface area contributed by atoms with Crippen LogP contribution in [0.15, 0.2) is 24.3 Å². The number of hydrogen-bond acceptors (Lipinski definition) is 5. The molecular weight excluding hydrogens is 356 g/mol. The average Bonchev–Trinajstić information content (AvgIpc) is 2.67. The molecule has 2 rings (SSSR count). The van der Waals surface area contributed by atoms with Gasteiger partial charge in [-0.25, -0.2) is 0 Å². The Hall–Kier alpha value is -2.23. The summed E-state index contributed by atoms with van der Waals surface area (Å²) >= 11 is 5.28. The van der Waals surface area contributed by atoms with Crippen LogP contribution in [0.25, 0.3) is 0 Å². The lowest BCUT2D eigenvalue weighted by Crippen LogP contribution is -3.14. The zero-order valence-electron chi connectivity index (χ0n) is 14.8. The van der Waals surface area contributed by atoms with Crippen molar-refractivity contribution in [2.24, 2.45) is 0 Å². The first-order valence-electron chi connectivity index (χ1n) is 8.49. The highest BCUT2D eigenvalue weighted by Crippen LogP contribution is 2.09. The molecule has 9 heteroatoms. The highest BCUT2D eigenvalue weighted by atomic mass is 32.1. The van der Waals surface area contributed by atoms with Crippen molar-refractivity contribution in [3.63, 3.8) is 0 Å². The smallest absolute Gasteiger partial charge is 0.325 e. The van der Waals surface area contributed by atoms with Crippen LogP contribution >= 0.6 is 12.2 Å². The van der Waals surface area contributed by atoms with Crippen LogP contribution in [0.1, 0.15) is 10.4 Å². The number of quaternary nitrogens is 1. The van der Waals surface area contributed by atoms with Gasteiger partial charge in [0.25, 0.3) is 5.91 Å². The van der Waals surface area contributed by atoms with Crippen molar-refractivity contribution in [1.29, 1.82) is 0 Å². The molecule has 0 saturated carbocycles. The van der Waals surface area contributed by atoms with Gasteiger partial charge in [0.15, 0.2) is 5.11 Å². The first-order chi connectivity index (χ1) is 12.6. The van der Waals surface area contributed by atoms with E-state index in [-0.39, 0.29) is 12.5 Å². The molecule has 1 aromatic carbocycles. The van der Waals surface area contributed by atoms with Gasteiger partial charge < -0.3 is 30.3 Å². The van der Waals surface area contributed by atoms with Gasteiger partial charge in [-0.15, -0.1) is 0 Å². The number of thiocarbonyl (C=S) groups is 1. The molecule has 0 bridgehead atoms. The monoisotopic (exact) mass is 381 g/mol. The van der Waals surface area contributed by atoms with Gasteiger partial charge in [-0.2, -0.15) is 0 Å². The van der Waals surface area contributed by atoms with Gasteiger partial charge in [0.2, 0.25) is 0 Å². The molecule has 1 amide bonds. The van der Waals surface area contributed by atoms with Crippen molar-refractivity contribution in [1.82, 2.24) is 10.6 Å². The van der Waals surface area contributed by atoms with Crippen molar-refractivity contribution in [3.8, 4) is 0 Å².